The summed E-state index contributed by atoms with van der Waals surface area (Å²) in [4.78, 5) is 31.0. The average Bonchev–Trinajstić information content (AvgIpc) is 3.11. The number of ether oxygens (including phenoxy) is 1. The summed E-state index contributed by atoms with van der Waals surface area (Å²) >= 11 is 1.16. The molecule has 0 unspecified atom stereocenters. The van der Waals surface area contributed by atoms with E-state index in [4.69, 9.17) is 10.5 Å². The van der Waals surface area contributed by atoms with Crippen LogP contribution in [0.15, 0.2) is 46.3 Å². The molecule has 132 valence electrons. The Morgan fingerprint density at radius 3 is 2.92 bits per heavy atom. The second-order valence-electron chi connectivity index (χ2n) is 5.76. The van der Waals surface area contributed by atoms with Gasteiger partial charge in [0.15, 0.2) is 5.16 Å². The summed E-state index contributed by atoms with van der Waals surface area (Å²) in [5.41, 5.74) is 6.11. The number of nitrogens with two attached hydrogens (primary N) is 1. The van der Waals surface area contributed by atoms with Crippen LogP contribution in [0.1, 0.15) is 23.7 Å². The number of H-pyrrole nitrogens is 1. The molecule has 2 aromatic rings. The van der Waals surface area contributed by atoms with E-state index >= 15 is 0 Å². The third kappa shape index (κ3) is 4.83. The Bertz CT molecular complexity index is 775. The van der Waals surface area contributed by atoms with Crippen LogP contribution in [0.2, 0.25) is 0 Å². The van der Waals surface area contributed by atoms with Gasteiger partial charge in [0.2, 0.25) is 5.91 Å². The molecular formula is C17H20N4O3S. The molecule has 1 aromatic carbocycles. The number of anilines is 1. The number of hydrogen-bond donors (Lipinski definition) is 3. The smallest absolute Gasteiger partial charge is 0.253 e. The van der Waals surface area contributed by atoms with Gasteiger partial charge in [0.1, 0.15) is 11.1 Å². The molecule has 2 heterocycles. The average molecular weight is 360 g/mol. The van der Waals surface area contributed by atoms with Crippen molar-refractivity contribution in [3.8, 4) is 0 Å². The van der Waals surface area contributed by atoms with Crippen molar-refractivity contribution in [3.63, 3.8) is 0 Å². The van der Waals surface area contributed by atoms with Crippen LogP contribution in [0.5, 0.6) is 0 Å². The van der Waals surface area contributed by atoms with Crippen molar-refractivity contribution in [3.05, 3.63) is 52.3 Å². The largest absolute Gasteiger partial charge is 0.383 e. The minimum Gasteiger partial charge on any atom is -0.383 e. The van der Waals surface area contributed by atoms with E-state index in [1.807, 2.05) is 30.3 Å². The van der Waals surface area contributed by atoms with Gasteiger partial charge in [-0.25, -0.2) is 4.98 Å². The SMILES string of the molecule is Nc1cc(=O)[nH]c(S[C@@H](C(=O)NC[C@@H]2CCCO2)c2ccccc2)n1. The van der Waals surface area contributed by atoms with Gasteiger partial charge in [-0.05, 0) is 18.4 Å². The number of aromatic amines is 1. The summed E-state index contributed by atoms with van der Waals surface area (Å²) in [5, 5.41) is 2.70. The number of rotatable bonds is 6. The lowest BCUT2D eigenvalue weighted by molar-refractivity contribution is -0.121. The second kappa shape index (κ2) is 8.17. The number of thioether (sulfide) groups is 1. The fourth-order valence-electron chi connectivity index (χ4n) is 2.63. The van der Waals surface area contributed by atoms with Gasteiger partial charge in [-0.15, -0.1) is 0 Å². The topological polar surface area (TPSA) is 110 Å². The van der Waals surface area contributed by atoms with E-state index in [0.29, 0.717) is 11.7 Å². The molecule has 1 saturated heterocycles. The number of nitrogens with one attached hydrogen (secondary N) is 2. The number of hydrogen-bond acceptors (Lipinski definition) is 6. The number of carbonyl (C=O) groups excluding carboxylic acids is 1. The maximum Gasteiger partial charge on any atom is 0.253 e. The van der Waals surface area contributed by atoms with E-state index in [1.54, 1.807) is 0 Å². The van der Waals surface area contributed by atoms with E-state index in [9.17, 15) is 9.59 Å². The van der Waals surface area contributed by atoms with E-state index in [-0.39, 0.29) is 23.4 Å². The molecule has 0 saturated carbocycles. The Hall–Kier alpha value is -2.32. The highest BCUT2D eigenvalue weighted by atomic mass is 32.2. The third-order valence-electron chi connectivity index (χ3n) is 3.84. The van der Waals surface area contributed by atoms with Crippen LogP contribution in [0, 0.1) is 0 Å². The van der Waals surface area contributed by atoms with E-state index in [2.05, 4.69) is 15.3 Å². The summed E-state index contributed by atoms with van der Waals surface area (Å²) in [6, 6.07) is 10.6. The molecular weight excluding hydrogens is 340 g/mol. The van der Waals surface area contributed by atoms with Gasteiger partial charge < -0.3 is 20.8 Å². The van der Waals surface area contributed by atoms with Gasteiger partial charge in [-0.3, -0.25) is 9.59 Å². The first-order valence-electron chi connectivity index (χ1n) is 8.09. The predicted molar refractivity (Wildman–Crippen MR) is 96.3 cm³/mol. The number of nitrogens with zero attached hydrogens (tertiary/aromatic N) is 1. The maximum absolute atomic E-state index is 12.7. The molecule has 1 aromatic heterocycles. The molecule has 1 aliphatic rings. The molecule has 7 nitrogen and oxygen atoms in total. The lowest BCUT2D eigenvalue weighted by Gasteiger charge is -2.18. The number of aromatic nitrogens is 2. The minimum absolute atomic E-state index is 0.0654. The van der Waals surface area contributed by atoms with Crippen molar-refractivity contribution < 1.29 is 9.53 Å². The molecule has 25 heavy (non-hydrogen) atoms. The van der Waals surface area contributed by atoms with Gasteiger partial charge in [-0.2, -0.15) is 0 Å². The zero-order valence-corrected chi connectivity index (χ0v) is 14.4. The van der Waals surface area contributed by atoms with Crippen LogP contribution in [-0.2, 0) is 9.53 Å². The fourth-order valence-corrected chi connectivity index (χ4v) is 3.66. The lowest BCUT2D eigenvalue weighted by Crippen LogP contribution is -2.34. The molecule has 0 spiro atoms. The molecule has 0 radical (unpaired) electrons. The lowest BCUT2D eigenvalue weighted by atomic mass is 10.1. The van der Waals surface area contributed by atoms with Crippen molar-refractivity contribution in [2.24, 2.45) is 0 Å². The standard InChI is InChI=1S/C17H20N4O3S/c18-13-9-14(22)21-17(20-13)25-15(11-5-2-1-3-6-11)16(23)19-10-12-7-4-8-24-12/h1-3,5-6,9,12,15H,4,7-8,10H2,(H,19,23)(H3,18,20,21,22)/t12-,15+/m0/s1. The first-order valence-corrected chi connectivity index (χ1v) is 8.97. The quantitative estimate of drug-likeness (QED) is 0.532. The van der Waals surface area contributed by atoms with Crippen LogP contribution < -0.4 is 16.6 Å². The number of nitrogen functional groups attached to an aromatic ring is 1. The Morgan fingerprint density at radius 2 is 2.24 bits per heavy atom. The molecule has 1 fully saturated rings. The Balaban J connectivity index is 1.77. The monoisotopic (exact) mass is 360 g/mol. The molecule has 8 heteroatoms. The van der Waals surface area contributed by atoms with Crippen molar-refractivity contribution in [1.29, 1.82) is 0 Å². The van der Waals surface area contributed by atoms with Crippen molar-refractivity contribution in [1.82, 2.24) is 15.3 Å². The highest BCUT2D eigenvalue weighted by molar-refractivity contribution is 8.00. The van der Waals surface area contributed by atoms with Crippen LogP contribution in [-0.4, -0.2) is 35.1 Å². The molecule has 3 rings (SSSR count). The van der Waals surface area contributed by atoms with Gasteiger partial charge in [0.25, 0.3) is 5.56 Å². The van der Waals surface area contributed by atoms with Crippen molar-refractivity contribution >= 4 is 23.5 Å². The first kappa shape index (κ1) is 17.5. The molecule has 0 aliphatic carbocycles. The Morgan fingerprint density at radius 1 is 1.44 bits per heavy atom. The van der Waals surface area contributed by atoms with Crippen LogP contribution >= 0.6 is 11.8 Å². The second-order valence-corrected chi connectivity index (χ2v) is 6.86. The fraction of sp³-hybridized carbons (Fsp3) is 0.353. The normalized spacial score (nSPS) is 18.0. The number of benzene rings is 1. The maximum atomic E-state index is 12.7. The van der Waals surface area contributed by atoms with Gasteiger partial charge in [0.05, 0.1) is 6.10 Å². The number of carbonyl (C=O) groups is 1. The third-order valence-corrected chi connectivity index (χ3v) is 4.98. The van der Waals surface area contributed by atoms with E-state index < -0.39 is 5.25 Å². The van der Waals surface area contributed by atoms with Crippen molar-refractivity contribution in [2.75, 3.05) is 18.9 Å². The van der Waals surface area contributed by atoms with Crippen molar-refractivity contribution in [2.45, 2.75) is 29.4 Å². The minimum atomic E-state index is -0.549. The zero-order chi connectivity index (χ0) is 17.6. The molecule has 0 bridgehead atoms. The zero-order valence-electron chi connectivity index (χ0n) is 13.6. The van der Waals surface area contributed by atoms with Gasteiger partial charge in [0, 0.05) is 19.2 Å². The predicted octanol–water partition coefficient (Wildman–Crippen LogP) is 1.48. The van der Waals surface area contributed by atoms with Gasteiger partial charge >= 0.3 is 0 Å². The van der Waals surface area contributed by atoms with E-state index in [1.165, 1.54) is 6.07 Å². The van der Waals surface area contributed by atoms with Gasteiger partial charge in [-0.1, -0.05) is 42.1 Å². The van der Waals surface area contributed by atoms with E-state index in [0.717, 1.165) is 36.8 Å². The summed E-state index contributed by atoms with van der Waals surface area (Å²) in [5.74, 6) is -0.0328. The Labute approximate surface area is 149 Å². The van der Waals surface area contributed by atoms with Crippen LogP contribution in [0.25, 0.3) is 0 Å². The molecule has 1 amide bonds. The van der Waals surface area contributed by atoms with Crippen LogP contribution in [0.3, 0.4) is 0 Å². The summed E-state index contributed by atoms with van der Waals surface area (Å²) in [6.07, 6.45) is 2.04. The Kier molecular flexibility index (Phi) is 5.72. The summed E-state index contributed by atoms with van der Waals surface area (Å²) in [6.45, 7) is 1.22. The highest BCUT2D eigenvalue weighted by Crippen LogP contribution is 2.33. The molecule has 4 N–H and O–H groups in total. The van der Waals surface area contributed by atoms with Crippen LogP contribution in [0.4, 0.5) is 5.82 Å². The summed E-state index contributed by atoms with van der Waals surface area (Å²) in [7, 11) is 0. The first-order chi connectivity index (χ1) is 12.1. The molecule has 2 atom stereocenters. The number of amides is 1. The molecule has 1 aliphatic heterocycles. The highest BCUT2D eigenvalue weighted by Gasteiger charge is 2.25. The summed E-state index contributed by atoms with van der Waals surface area (Å²) < 4.78 is 5.54.